The van der Waals surface area contributed by atoms with E-state index >= 15 is 0 Å². The Labute approximate surface area is 104 Å². The van der Waals surface area contributed by atoms with E-state index in [4.69, 9.17) is 0 Å². The molecular weight excluding hydrogens is 214 g/mol. The van der Waals surface area contributed by atoms with Gasteiger partial charge >= 0.3 is 0 Å². The highest BCUT2D eigenvalue weighted by Crippen LogP contribution is 2.41. The van der Waals surface area contributed by atoms with Gasteiger partial charge in [-0.05, 0) is 19.8 Å². The number of Topliss-reactive ketones (excluding diaryl/α,β-unsaturated/α-hetero) is 2. The van der Waals surface area contributed by atoms with E-state index in [-0.39, 0.29) is 17.6 Å². The van der Waals surface area contributed by atoms with Gasteiger partial charge in [0, 0.05) is 16.9 Å². The maximum atomic E-state index is 12.3. The fraction of sp³-hybridized carbons (Fsp3) is 0.857. The van der Waals surface area contributed by atoms with E-state index < -0.39 is 16.9 Å². The molecule has 0 saturated heterocycles. The molecule has 1 aliphatic rings. The minimum absolute atomic E-state index is 0.0436. The van der Waals surface area contributed by atoms with Gasteiger partial charge in [-0.2, -0.15) is 0 Å². The van der Waals surface area contributed by atoms with Crippen LogP contribution in [-0.2, 0) is 9.59 Å². The lowest BCUT2D eigenvalue weighted by Crippen LogP contribution is -2.60. The highest BCUT2D eigenvalue weighted by atomic mass is 16.2. The number of rotatable bonds is 3. The molecule has 17 heavy (non-hydrogen) atoms. The van der Waals surface area contributed by atoms with Gasteiger partial charge < -0.3 is 0 Å². The molecule has 0 bridgehead atoms. The fourth-order valence-electron chi connectivity index (χ4n) is 2.73. The molecule has 0 aliphatic heterocycles. The first-order valence-electron chi connectivity index (χ1n) is 6.46. The molecule has 1 saturated carbocycles. The van der Waals surface area contributed by atoms with E-state index in [0.717, 1.165) is 6.42 Å². The first kappa shape index (κ1) is 14.4. The van der Waals surface area contributed by atoms with Crippen molar-refractivity contribution < 1.29 is 9.59 Å². The van der Waals surface area contributed by atoms with Crippen LogP contribution in [0.5, 0.6) is 0 Å². The van der Waals surface area contributed by atoms with E-state index in [1.54, 1.807) is 0 Å². The predicted molar refractivity (Wildman–Crippen MR) is 68.9 cm³/mol. The number of hydrogen-bond acceptors (Lipinski definition) is 3. The summed E-state index contributed by atoms with van der Waals surface area (Å²) in [6.45, 7) is 11.8. The van der Waals surface area contributed by atoms with Gasteiger partial charge in [0.1, 0.15) is 6.04 Å². The van der Waals surface area contributed by atoms with E-state index in [1.165, 1.54) is 0 Å². The molecule has 1 N–H and O–H groups in total. The van der Waals surface area contributed by atoms with Crippen molar-refractivity contribution >= 4 is 11.6 Å². The first-order valence-corrected chi connectivity index (χ1v) is 6.46. The molecule has 0 aromatic rings. The zero-order valence-electron chi connectivity index (χ0n) is 11.9. The van der Waals surface area contributed by atoms with Gasteiger partial charge in [-0.25, -0.2) is 0 Å². The number of ketones is 2. The molecule has 0 aromatic heterocycles. The maximum Gasteiger partial charge on any atom is 0.162 e. The summed E-state index contributed by atoms with van der Waals surface area (Å²) >= 11 is 0. The second-order valence-corrected chi connectivity index (χ2v) is 6.58. The van der Waals surface area contributed by atoms with Gasteiger partial charge in [-0.15, -0.1) is 0 Å². The summed E-state index contributed by atoms with van der Waals surface area (Å²) in [5, 5.41) is 3.18. The lowest BCUT2D eigenvalue weighted by Gasteiger charge is -2.43. The van der Waals surface area contributed by atoms with Crippen molar-refractivity contribution in [3.05, 3.63) is 0 Å². The molecule has 1 unspecified atom stereocenters. The topological polar surface area (TPSA) is 46.2 Å². The second kappa shape index (κ2) is 4.52. The SMILES string of the molecule is CCC(C)NC1C(=O)C(C)(C)CC(C)(C)C1=O. The Balaban J connectivity index is 3.00. The normalized spacial score (nSPS) is 26.0. The Hall–Kier alpha value is -0.700. The fourth-order valence-corrected chi connectivity index (χ4v) is 2.73. The third-order valence-electron chi connectivity index (χ3n) is 3.81. The van der Waals surface area contributed by atoms with Crippen LogP contribution in [-0.4, -0.2) is 23.7 Å². The van der Waals surface area contributed by atoms with Crippen LogP contribution in [0.2, 0.25) is 0 Å². The van der Waals surface area contributed by atoms with Crippen LogP contribution in [0.1, 0.15) is 54.4 Å². The molecule has 3 heteroatoms. The summed E-state index contributed by atoms with van der Waals surface area (Å²) in [6, 6.07) is -0.429. The van der Waals surface area contributed by atoms with Crippen molar-refractivity contribution in [1.29, 1.82) is 0 Å². The average molecular weight is 239 g/mol. The summed E-state index contributed by atoms with van der Waals surface area (Å²) in [5.41, 5.74) is -0.828. The van der Waals surface area contributed by atoms with Gasteiger partial charge in [0.2, 0.25) is 0 Å². The van der Waals surface area contributed by atoms with Crippen molar-refractivity contribution in [3.63, 3.8) is 0 Å². The second-order valence-electron chi connectivity index (χ2n) is 6.58. The molecule has 0 aromatic carbocycles. The van der Waals surface area contributed by atoms with Crippen LogP contribution in [0.3, 0.4) is 0 Å². The van der Waals surface area contributed by atoms with Gasteiger partial charge in [0.15, 0.2) is 11.6 Å². The lowest BCUT2D eigenvalue weighted by molar-refractivity contribution is -0.148. The number of hydrogen-bond donors (Lipinski definition) is 1. The van der Waals surface area contributed by atoms with Gasteiger partial charge in [0.05, 0.1) is 0 Å². The molecule has 0 heterocycles. The van der Waals surface area contributed by atoms with Gasteiger partial charge in [-0.3, -0.25) is 14.9 Å². The molecule has 1 aliphatic carbocycles. The number of nitrogens with one attached hydrogen (secondary N) is 1. The molecular formula is C14H25NO2. The number of carbonyl (C=O) groups is 2. The monoisotopic (exact) mass is 239 g/mol. The van der Waals surface area contributed by atoms with Crippen molar-refractivity contribution in [1.82, 2.24) is 5.32 Å². The van der Waals surface area contributed by atoms with E-state index in [1.807, 2.05) is 41.5 Å². The van der Waals surface area contributed by atoms with Crippen molar-refractivity contribution in [3.8, 4) is 0 Å². The molecule has 0 spiro atoms. The third-order valence-corrected chi connectivity index (χ3v) is 3.81. The smallest absolute Gasteiger partial charge is 0.162 e. The summed E-state index contributed by atoms with van der Waals surface area (Å²) in [4.78, 5) is 24.6. The Morgan fingerprint density at radius 3 is 1.94 bits per heavy atom. The molecule has 0 radical (unpaired) electrons. The van der Waals surface area contributed by atoms with Crippen molar-refractivity contribution in [2.75, 3.05) is 0 Å². The Bertz CT molecular complexity index is 305. The standard InChI is InChI=1S/C14H25NO2/c1-7-9(2)15-10-11(16)13(3,4)8-14(5,6)12(10)17/h9-10,15H,7-8H2,1-6H3. The molecule has 98 valence electrons. The van der Waals surface area contributed by atoms with Crippen LogP contribution < -0.4 is 5.32 Å². The van der Waals surface area contributed by atoms with Crippen LogP contribution >= 0.6 is 0 Å². The summed E-state index contributed by atoms with van der Waals surface area (Å²) in [7, 11) is 0. The minimum atomic E-state index is -0.622. The predicted octanol–water partition coefficient (Wildman–Crippen LogP) is 2.34. The van der Waals surface area contributed by atoms with Gasteiger partial charge in [0.25, 0.3) is 0 Å². The summed E-state index contributed by atoms with van der Waals surface area (Å²) < 4.78 is 0. The maximum absolute atomic E-state index is 12.3. The van der Waals surface area contributed by atoms with Crippen LogP contribution in [0, 0.1) is 10.8 Å². The van der Waals surface area contributed by atoms with Crippen LogP contribution in [0.4, 0.5) is 0 Å². The highest BCUT2D eigenvalue weighted by Gasteiger charge is 2.51. The lowest BCUT2D eigenvalue weighted by atomic mass is 9.62. The average Bonchev–Trinajstić information content (AvgIpc) is 2.20. The largest absolute Gasteiger partial charge is 0.299 e. The van der Waals surface area contributed by atoms with E-state index in [9.17, 15) is 9.59 Å². The quantitative estimate of drug-likeness (QED) is 0.769. The Kier molecular flexibility index (Phi) is 3.82. The van der Waals surface area contributed by atoms with E-state index in [0.29, 0.717) is 6.42 Å². The molecule has 1 fully saturated rings. The summed E-state index contributed by atoms with van der Waals surface area (Å²) in [5.74, 6) is 0.0873. The zero-order chi connectivity index (χ0) is 13.4. The number of carbonyl (C=O) groups excluding carboxylic acids is 2. The molecule has 3 nitrogen and oxygen atoms in total. The molecule has 1 rings (SSSR count). The van der Waals surface area contributed by atoms with E-state index in [2.05, 4.69) is 5.32 Å². The zero-order valence-corrected chi connectivity index (χ0v) is 11.9. The van der Waals surface area contributed by atoms with Crippen LogP contribution in [0.25, 0.3) is 0 Å². The summed E-state index contributed by atoms with van der Waals surface area (Å²) in [6.07, 6.45) is 1.55. The molecule has 0 amide bonds. The Morgan fingerprint density at radius 2 is 1.59 bits per heavy atom. The Morgan fingerprint density at radius 1 is 1.18 bits per heavy atom. The minimum Gasteiger partial charge on any atom is -0.299 e. The van der Waals surface area contributed by atoms with Crippen molar-refractivity contribution in [2.45, 2.75) is 66.5 Å². The first-order chi connectivity index (χ1) is 7.62. The van der Waals surface area contributed by atoms with Gasteiger partial charge in [-0.1, -0.05) is 34.6 Å². The molecule has 1 atom stereocenters. The third kappa shape index (κ3) is 2.76. The highest BCUT2D eigenvalue weighted by molar-refractivity contribution is 6.12. The van der Waals surface area contributed by atoms with Crippen molar-refractivity contribution in [2.24, 2.45) is 10.8 Å². The van der Waals surface area contributed by atoms with Crippen LogP contribution in [0.15, 0.2) is 0 Å².